The SMILES string of the molecule is CNC1CN(c2nc(N)nc3c(C4=CC=C4)c(Cl)oc23)C1. The molecule has 6 nitrogen and oxygen atoms in total. The quantitative estimate of drug-likeness (QED) is 0.900. The Kier molecular flexibility index (Phi) is 2.70. The molecule has 1 saturated heterocycles. The Hall–Kier alpha value is -2.05. The van der Waals surface area contributed by atoms with Crippen molar-refractivity contribution in [2.75, 3.05) is 30.8 Å². The van der Waals surface area contributed by atoms with Gasteiger partial charge in [-0.05, 0) is 24.2 Å². The number of allylic oxidation sites excluding steroid dienone is 4. The Balaban J connectivity index is 1.85. The molecule has 21 heavy (non-hydrogen) atoms. The maximum Gasteiger partial charge on any atom is 0.222 e. The maximum absolute atomic E-state index is 6.24. The van der Waals surface area contributed by atoms with Gasteiger partial charge in [-0.3, -0.25) is 0 Å². The van der Waals surface area contributed by atoms with E-state index in [2.05, 4.69) is 20.2 Å². The lowest BCUT2D eigenvalue weighted by molar-refractivity contribution is 0.446. The van der Waals surface area contributed by atoms with E-state index in [1.807, 2.05) is 25.3 Å². The van der Waals surface area contributed by atoms with Crippen LogP contribution in [0.25, 0.3) is 16.7 Å². The molecule has 0 unspecified atom stereocenters. The minimum atomic E-state index is 0.230. The van der Waals surface area contributed by atoms with Gasteiger partial charge < -0.3 is 20.4 Å². The Morgan fingerprint density at radius 3 is 2.81 bits per heavy atom. The summed E-state index contributed by atoms with van der Waals surface area (Å²) in [7, 11) is 1.95. The highest BCUT2D eigenvalue weighted by atomic mass is 35.5. The summed E-state index contributed by atoms with van der Waals surface area (Å²) in [6.45, 7) is 1.72. The van der Waals surface area contributed by atoms with Crippen LogP contribution in [0.2, 0.25) is 5.22 Å². The summed E-state index contributed by atoms with van der Waals surface area (Å²) in [5.74, 6) is 0.939. The van der Waals surface area contributed by atoms with Crippen LogP contribution in [0.5, 0.6) is 0 Å². The molecule has 7 heteroatoms. The predicted molar refractivity (Wildman–Crippen MR) is 83.4 cm³/mol. The van der Waals surface area contributed by atoms with E-state index in [-0.39, 0.29) is 5.95 Å². The molecule has 3 heterocycles. The van der Waals surface area contributed by atoms with Crippen LogP contribution < -0.4 is 16.0 Å². The fourth-order valence-corrected chi connectivity index (χ4v) is 2.89. The maximum atomic E-state index is 6.24. The van der Waals surface area contributed by atoms with Crippen molar-refractivity contribution in [3.8, 4) is 0 Å². The number of aromatic nitrogens is 2. The van der Waals surface area contributed by atoms with Gasteiger partial charge >= 0.3 is 0 Å². The minimum Gasteiger partial charge on any atom is -0.438 e. The van der Waals surface area contributed by atoms with E-state index in [9.17, 15) is 0 Å². The van der Waals surface area contributed by atoms with Crippen molar-refractivity contribution in [3.63, 3.8) is 0 Å². The number of hydrogen-bond acceptors (Lipinski definition) is 6. The molecule has 0 bridgehead atoms. The van der Waals surface area contributed by atoms with Crippen molar-refractivity contribution in [2.45, 2.75) is 6.04 Å². The van der Waals surface area contributed by atoms with E-state index in [0.29, 0.717) is 28.2 Å². The van der Waals surface area contributed by atoms with Crippen LogP contribution in [0, 0.1) is 0 Å². The highest BCUT2D eigenvalue weighted by Crippen LogP contribution is 2.40. The Labute approximate surface area is 126 Å². The second kappa shape index (κ2) is 4.47. The number of likely N-dealkylation sites (N-methyl/N-ethyl adjacent to an activating group) is 1. The summed E-state index contributed by atoms with van der Waals surface area (Å²) in [6.07, 6.45) is 5.88. The Morgan fingerprint density at radius 2 is 2.19 bits per heavy atom. The van der Waals surface area contributed by atoms with Crippen LogP contribution in [0.15, 0.2) is 22.6 Å². The zero-order chi connectivity index (χ0) is 14.6. The summed E-state index contributed by atoms with van der Waals surface area (Å²) in [6, 6.07) is 0.457. The van der Waals surface area contributed by atoms with Gasteiger partial charge in [-0.1, -0.05) is 18.2 Å². The van der Waals surface area contributed by atoms with E-state index < -0.39 is 0 Å². The van der Waals surface area contributed by atoms with E-state index in [1.165, 1.54) is 0 Å². The first kappa shape index (κ1) is 12.7. The zero-order valence-corrected chi connectivity index (χ0v) is 12.2. The highest BCUT2D eigenvalue weighted by Gasteiger charge is 2.31. The van der Waals surface area contributed by atoms with Crippen molar-refractivity contribution >= 4 is 40.0 Å². The standard InChI is InChI=1S/C14H14ClN5O/c1-17-8-5-20(6-8)13-11-10(18-14(16)19-13)9(12(15)21-11)7-3-2-4-7/h2-4,8,17H,5-6H2,1H3,(H2,16,18,19). The van der Waals surface area contributed by atoms with Crippen LogP contribution >= 0.6 is 11.6 Å². The molecule has 0 amide bonds. The summed E-state index contributed by atoms with van der Waals surface area (Å²) < 4.78 is 5.72. The van der Waals surface area contributed by atoms with Gasteiger partial charge in [0.05, 0.1) is 5.56 Å². The lowest BCUT2D eigenvalue weighted by atomic mass is 10.0. The number of rotatable bonds is 3. The first-order valence-electron chi connectivity index (χ1n) is 6.74. The third-order valence-electron chi connectivity index (χ3n) is 3.92. The molecule has 2 aliphatic rings. The molecule has 1 fully saturated rings. The third kappa shape index (κ3) is 1.83. The van der Waals surface area contributed by atoms with E-state index in [4.69, 9.17) is 21.8 Å². The first-order chi connectivity index (χ1) is 10.2. The molecule has 1 aliphatic carbocycles. The van der Waals surface area contributed by atoms with Crippen LogP contribution in [-0.4, -0.2) is 36.1 Å². The number of hydrogen-bond donors (Lipinski definition) is 2. The number of nitrogens with one attached hydrogen (secondary N) is 1. The van der Waals surface area contributed by atoms with Crippen molar-refractivity contribution in [3.05, 3.63) is 29.0 Å². The number of furan rings is 1. The molecule has 0 spiro atoms. The van der Waals surface area contributed by atoms with E-state index in [0.717, 1.165) is 24.2 Å². The Morgan fingerprint density at radius 1 is 1.43 bits per heavy atom. The topological polar surface area (TPSA) is 80.2 Å². The molecular formula is C14H14ClN5O. The molecule has 108 valence electrons. The summed E-state index contributed by atoms with van der Waals surface area (Å²) in [5.41, 5.74) is 8.92. The van der Waals surface area contributed by atoms with E-state index in [1.54, 1.807) is 0 Å². The van der Waals surface area contributed by atoms with Crippen LogP contribution in [0.1, 0.15) is 5.56 Å². The van der Waals surface area contributed by atoms with Crippen molar-refractivity contribution in [2.24, 2.45) is 0 Å². The van der Waals surface area contributed by atoms with Gasteiger partial charge in [0, 0.05) is 19.1 Å². The zero-order valence-electron chi connectivity index (χ0n) is 11.4. The van der Waals surface area contributed by atoms with Gasteiger partial charge in [0.15, 0.2) is 11.4 Å². The number of nitrogens with zero attached hydrogens (tertiary/aromatic N) is 3. The largest absolute Gasteiger partial charge is 0.438 e. The van der Waals surface area contributed by atoms with Crippen molar-refractivity contribution in [1.82, 2.24) is 15.3 Å². The van der Waals surface area contributed by atoms with Gasteiger partial charge in [-0.15, -0.1) is 0 Å². The van der Waals surface area contributed by atoms with Gasteiger partial charge in [0.25, 0.3) is 0 Å². The Bertz CT molecular complexity index is 788. The van der Waals surface area contributed by atoms with Crippen LogP contribution in [0.4, 0.5) is 11.8 Å². The van der Waals surface area contributed by atoms with Crippen molar-refractivity contribution in [1.29, 1.82) is 0 Å². The lowest BCUT2D eigenvalue weighted by Crippen LogP contribution is -2.57. The number of halogens is 1. The molecule has 0 saturated carbocycles. The average molecular weight is 304 g/mol. The van der Waals surface area contributed by atoms with Gasteiger partial charge in [-0.2, -0.15) is 4.98 Å². The third-order valence-corrected chi connectivity index (χ3v) is 4.19. The van der Waals surface area contributed by atoms with Crippen LogP contribution in [0.3, 0.4) is 0 Å². The molecule has 0 atom stereocenters. The highest BCUT2D eigenvalue weighted by molar-refractivity contribution is 6.32. The number of anilines is 2. The fraction of sp³-hybridized carbons (Fsp3) is 0.286. The minimum absolute atomic E-state index is 0.230. The molecule has 2 aromatic rings. The first-order valence-corrected chi connectivity index (χ1v) is 7.11. The normalized spacial score (nSPS) is 17.8. The average Bonchev–Trinajstić information content (AvgIpc) is 2.64. The predicted octanol–water partition coefficient (Wildman–Crippen LogP) is 1.82. The van der Waals surface area contributed by atoms with Crippen molar-refractivity contribution < 1.29 is 4.42 Å². The van der Waals surface area contributed by atoms with Gasteiger partial charge in [-0.25, -0.2) is 4.98 Å². The monoisotopic (exact) mass is 303 g/mol. The number of nitrogen functional groups attached to an aromatic ring is 1. The number of nitrogens with two attached hydrogens (primary N) is 1. The summed E-state index contributed by atoms with van der Waals surface area (Å²) >= 11 is 6.24. The molecule has 4 rings (SSSR count). The lowest BCUT2D eigenvalue weighted by Gasteiger charge is -2.39. The molecule has 1 aliphatic heterocycles. The van der Waals surface area contributed by atoms with E-state index >= 15 is 0 Å². The second-order valence-electron chi connectivity index (χ2n) is 5.21. The molecule has 3 N–H and O–H groups in total. The molecule has 2 aromatic heterocycles. The molecule has 0 aromatic carbocycles. The van der Waals surface area contributed by atoms with Gasteiger partial charge in [0.2, 0.25) is 11.2 Å². The summed E-state index contributed by atoms with van der Waals surface area (Å²) in [5, 5.41) is 3.55. The van der Waals surface area contributed by atoms with Gasteiger partial charge in [0.1, 0.15) is 5.52 Å². The molecular weight excluding hydrogens is 290 g/mol. The smallest absolute Gasteiger partial charge is 0.222 e. The number of fused-ring (bicyclic) bond motifs is 1. The fourth-order valence-electron chi connectivity index (χ4n) is 2.61. The molecule has 0 radical (unpaired) electrons. The second-order valence-corrected chi connectivity index (χ2v) is 5.55. The van der Waals surface area contributed by atoms with Crippen LogP contribution in [-0.2, 0) is 0 Å². The summed E-state index contributed by atoms with van der Waals surface area (Å²) in [4.78, 5) is 10.7.